The van der Waals surface area contributed by atoms with E-state index in [2.05, 4.69) is 9.97 Å². The van der Waals surface area contributed by atoms with Crippen LogP contribution in [-0.4, -0.2) is 48.8 Å². The lowest BCUT2D eigenvalue weighted by Gasteiger charge is -2.31. The van der Waals surface area contributed by atoms with Gasteiger partial charge in [0.15, 0.2) is 5.82 Å². The Labute approximate surface area is 144 Å². The van der Waals surface area contributed by atoms with Crippen LogP contribution in [0.1, 0.15) is 56.5 Å². The zero-order valence-electron chi connectivity index (χ0n) is 13.4. The minimum Gasteiger partial charge on any atom is -0.390 e. The molecule has 1 saturated carbocycles. The van der Waals surface area contributed by atoms with E-state index >= 15 is 0 Å². The normalized spacial score (nSPS) is 29.0. The summed E-state index contributed by atoms with van der Waals surface area (Å²) in [6, 6.07) is 0.321. The SMILES string of the molecule is O[C@@H]1CO[C@H](c2nc(-c3cscn3)nn2C2CCCCC2)C[C@@H]1O. The molecule has 2 N–H and O–H groups in total. The number of rotatable bonds is 3. The number of hydrogen-bond donors (Lipinski definition) is 2. The molecular formula is C16H22N4O3S. The summed E-state index contributed by atoms with van der Waals surface area (Å²) in [7, 11) is 0. The molecule has 1 aliphatic carbocycles. The molecule has 4 rings (SSSR count). The van der Waals surface area contributed by atoms with Gasteiger partial charge in [-0.05, 0) is 12.8 Å². The molecule has 0 aromatic carbocycles. The van der Waals surface area contributed by atoms with E-state index in [1.54, 1.807) is 5.51 Å². The van der Waals surface area contributed by atoms with Gasteiger partial charge in [0, 0.05) is 11.8 Å². The van der Waals surface area contributed by atoms with Crippen LogP contribution in [0, 0.1) is 0 Å². The third-order valence-electron chi connectivity index (χ3n) is 4.90. The Bertz CT molecular complexity index is 669. The standard InChI is InChI=1S/C16H22N4O3S/c21-12-6-14(23-7-13(12)22)16-18-15(11-8-24-9-17-11)19-20(16)10-4-2-1-3-5-10/h8-10,12-14,21-22H,1-7H2/t12-,13+,14-/m0/s1. The predicted octanol–water partition coefficient (Wildman–Crippen LogP) is 2.09. The van der Waals surface area contributed by atoms with Crippen LogP contribution in [0.5, 0.6) is 0 Å². The smallest absolute Gasteiger partial charge is 0.200 e. The molecule has 2 aromatic rings. The van der Waals surface area contributed by atoms with Crippen molar-refractivity contribution in [2.24, 2.45) is 0 Å². The van der Waals surface area contributed by atoms with Gasteiger partial charge in [0.05, 0.1) is 24.3 Å². The molecule has 1 aliphatic heterocycles. The first kappa shape index (κ1) is 16.1. The van der Waals surface area contributed by atoms with E-state index in [-0.39, 0.29) is 12.7 Å². The Morgan fingerprint density at radius 1 is 1.17 bits per heavy atom. The van der Waals surface area contributed by atoms with Gasteiger partial charge >= 0.3 is 0 Å². The second-order valence-corrected chi connectivity index (χ2v) is 7.31. The van der Waals surface area contributed by atoms with Crippen molar-refractivity contribution in [3.8, 4) is 11.5 Å². The number of aliphatic hydroxyl groups is 2. The molecule has 0 spiro atoms. The average molecular weight is 350 g/mol. The number of nitrogens with zero attached hydrogens (tertiary/aromatic N) is 4. The van der Waals surface area contributed by atoms with Crippen molar-refractivity contribution in [3.63, 3.8) is 0 Å². The van der Waals surface area contributed by atoms with Crippen LogP contribution in [0.3, 0.4) is 0 Å². The van der Waals surface area contributed by atoms with Crippen LogP contribution >= 0.6 is 11.3 Å². The monoisotopic (exact) mass is 350 g/mol. The van der Waals surface area contributed by atoms with E-state index in [0.29, 0.717) is 18.3 Å². The highest BCUT2D eigenvalue weighted by Crippen LogP contribution is 2.34. The number of ether oxygens (including phenoxy) is 1. The van der Waals surface area contributed by atoms with Gasteiger partial charge in [0.1, 0.15) is 17.9 Å². The largest absolute Gasteiger partial charge is 0.390 e. The van der Waals surface area contributed by atoms with Crippen molar-refractivity contribution in [2.75, 3.05) is 6.61 Å². The summed E-state index contributed by atoms with van der Waals surface area (Å²) in [5, 5.41) is 26.3. The first-order valence-electron chi connectivity index (χ1n) is 8.55. The Hall–Kier alpha value is -1.35. The second kappa shape index (κ2) is 6.87. The average Bonchev–Trinajstić information content (AvgIpc) is 3.27. The summed E-state index contributed by atoms with van der Waals surface area (Å²) in [6.07, 6.45) is 4.22. The van der Waals surface area contributed by atoms with Crippen molar-refractivity contribution in [1.29, 1.82) is 0 Å². The van der Waals surface area contributed by atoms with Crippen molar-refractivity contribution in [2.45, 2.75) is 62.9 Å². The van der Waals surface area contributed by atoms with E-state index in [1.807, 2.05) is 10.1 Å². The molecule has 2 aliphatic rings. The summed E-state index contributed by atoms with van der Waals surface area (Å²) in [5.41, 5.74) is 2.54. The summed E-state index contributed by atoms with van der Waals surface area (Å²) in [5.74, 6) is 1.36. The van der Waals surface area contributed by atoms with Crippen molar-refractivity contribution in [3.05, 3.63) is 16.7 Å². The number of aliphatic hydroxyl groups excluding tert-OH is 2. The fourth-order valence-corrected chi connectivity index (χ4v) is 4.06. The lowest BCUT2D eigenvalue weighted by Crippen LogP contribution is -2.38. The molecule has 2 fully saturated rings. The molecular weight excluding hydrogens is 328 g/mol. The Morgan fingerprint density at radius 2 is 2.00 bits per heavy atom. The molecule has 0 amide bonds. The van der Waals surface area contributed by atoms with Gasteiger partial charge in [0.2, 0.25) is 5.82 Å². The Morgan fingerprint density at radius 3 is 2.71 bits per heavy atom. The third-order valence-corrected chi connectivity index (χ3v) is 5.48. The Balaban J connectivity index is 1.68. The van der Waals surface area contributed by atoms with E-state index in [4.69, 9.17) is 9.84 Å². The van der Waals surface area contributed by atoms with E-state index in [1.165, 1.54) is 30.6 Å². The minimum absolute atomic E-state index is 0.120. The maximum absolute atomic E-state index is 10.0. The predicted molar refractivity (Wildman–Crippen MR) is 88.6 cm³/mol. The lowest BCUT2D eigenvalue weighted by atomic mass is 9.95. The van der Waals surface area contributed by atoms with Gasteiger partial charge in [-0.15, -0.1) is 16.4 Å². The molecule has 1 saturated heterocycles. The highest BCUT2D eigenvalue weighted by atomic mass is 32.1. The number of thiazole rings is 1. The van der Waals surface area contributed by atoms with Gasteiger partial charge in [-0.25, -0.2) is 14.6 Å². The van der Waals surface area contributed by atoms with Crippen molar-refractivity contribution >= 4 is 11.3 Å². The fraction of sp³-hybridized carbons (Fsp3) is 0.688. The zero-order valence-corrected chi connectivity index (χ0v) is 14.2. The molecule has 0 unspecified atom stereocenters. The number of aromatic nitrogens is 4. The highest BCUT2D eigenvalue weighted by molar-refractivity contribution is 7.07. The van der Waals surface area contributed by atoms with E-state index in [9.17, 15) is 10.2 Å². The van der Waals surface area contributed by atoms with Gasteiger partial charge in [-0.1, -0.05) is 19.3 Å². The van der Waals surface area contributed by atoms with Crippen LogP contribution in [-0.2, 0) is 4.74 Å². The van der Waals surface area contributed by atoms with Crippen LogP contribution in [0.15, 0.2) is 10.9 Å². The van der Waals surface area contributed by atoms with Gasteiger partial charge < -0.3 is 14.9 Å². The molecule has 8 heteroatoms. The van der Waals surface area contributed by atoms with Crippen molar-refractivity contribution < 1.29 is 14.9 Å². The third kappa shape index (κ3) is 3.11. The Kier molecular flexibility index (Phi) is 4.62. The van der Waals surface area contributed by atoms with Gasteiger partial charge in [-0.2, -0.15) is 0 Å². The maximum Gasteiger partial charge on any atom is 0.200 e. The summed E-state index contributed by atoms with van der Waals surface area (Å²) >= 11 is 1.52. The summed E-state index contributed by atoms with van der Waals surface area (Å²) < 4.78 is 7.75. The topological polar surface area (TPSA) is 93.3 Å². The lowest BCUT2D eigenvalue weighted by molar-refractivity contribution is -0.126. The molecule has 130 valence electrons. The molecule has 7 nitrogen and oxygen atoms in total. The minimum atomic E-state index is -0.828. The maximum atomic E-state index is 10.0. The zero-order chi connectivity index (χ0) is 16.5. The van der Waals surface area contributed by atoms with Gasteiger partial charge in [-0.3, -0.25) is 0 Å². The van der Waals surface area contributed by atoms with Crippen molar-refractivity contribution in [1.82, 2.24) is 19.7 Å². The van der Waals surface area contributed by atoms with Crippen LogP contribution < -0.4 is 0 Å². The second-order valence-electron chi connectivity index (χ2n) is 6.60. The first-order valence-corrected chi connectivity index (χ1v) is 9.49. The molecule has 2 aromatic heterocycles. The first-order chi connectivity index (χ1) is 11.7. The number of hydrogen-bond acceptors (Lipinski definition) is 7. The summed E-state index contributed by atoms with van der Waals surface area (Å²) in [4.78, 5) is 9.00. The highest BCUT2D eigenvalue weighted by Gasteiger charge is 2.34. The molecule has 3 heterocycles. The van der Waals surface area contributed by atoms with E-state index < -0.39 is 12.2 Å². The van der Waals surface area contributed by atoms with Gasteiger partial charge in [0.25, 0.3) is 0 Å². The quantitative estimate of drug-likeness (QED) is 0.880. The fourth-order valence-electron chi connectivity index (χ4n) is 3.53. The summed E-state index contributed by atoms with van der Waals surface area (Å²) in [6.45, 7) is 0.120. The molecule has 3 atom stereocenters. The van der Waals surface area contributed by atoms with Crippen LogP contribution in [0.25, 0.3) is 11.5 Å². The van der Waals surface area contributed by atoms with Crippen LogP contribution in [0.2, 0.25) is 0 Å². The molecule has 0 bridgehead atoms. The van der Waals surface area contributed by atoms with Crippen LogP contribution in [0.4, 0.5) is 0 Å². The molecule has 24 heavy (non-hydrogen) atoms. The van der Waals surface area contributed by atoms with E-state index in [0.717, 1.165) is 24.4 Å². The molecule has 0 radical (unpaired) electrons.